The summed E-state index contributed by atoms with van der Waals surface area (Å²) < 4.78 is 0. The van der Waals surface area contributed by atoms with Gasteiger partial charge in [0.1, 0.15) is 0 Å². The van der Waals surface area contributed by atoms with Crippen LogP contribution in [0.5, 0.6) is 5.75 Å². The van der Waals surface area contributed by atoms with Crippen LogP contribution in [0.4, 0.5) is 0 Å². The van der Waals surface area contributed by atoms with Gasteiger partial charge in [0.15, 0.2) is 5.75 Å². The Morgan fingerprint density at radius 2 is 0.889 bits per heavy atom. The number of fused-ring (bicyclic) bond motifs is 6. The van der Waals surface area contributed by atoms with Gasteiger partial charge in [0.05, 0.1) is 0 Å². The summed E-state index contributed by atoms with van der Waals surface area (Å²) in [5, 5.41) is 23.8. The Morgan fingerprint density at radius 1 is 0.370 bits per heavy atom. The van der Waals surface area contributed by atoms with Gasteiger partial charge < -0.3 is 0 Å². The van der Waals surface area contributed by atoms with Crippen molar-refractivity contribution >= 4 is 53.9 Å². The van der Waals surface area contributed by atoms with Gasteiger partial charge in [-0.05, 0) is 90.9 Å². The van der Waals surface area contributed by atoms with Crippen molar-refractivity contribution in [1.29, 1.82) is 0 Å². The maximum absolute atomic E-state index is 12.3. The minimum atomic E-state index is 0.0817. The molecule has 0 saturated carbocycles. The van der Waals surface area contributed by atoms with Crippen LogP contribution in [-0.2, 0) is 5.11 Å². The van der Waals surface area contributed by atoms with Crippen LogP contribution in [0.3, 0.4) is 0 Å². The highest BCUT2D eigenvalue weighted by atomic mass is 16.3. The number of hydrogen-bond donors (Lipinski definition) is 0. The van der Waals surface area contributed by atoms with Crippen molar-refractivity contribution in [3.05, 3.63) is 91.0 Å². The Hall–Kier alpha value is -3.58. The molecule has 0 aliphatic heterocycles. The smallest absolute Gasteiger partial charge is 0.186 e. The van der Waals surface area contributed by atoms with Crippen molar-refractivity contribution in [1.82, 2.24) is 0 Å². The highest BCUT2D eigenvalue weighted by molar-refractivity contribution is 6.16. The van der Waals surface area contributed by atoms with Crippen LogP contribution < -0.4 is 0 Å². The molecular weight excluding hydrogens is 328 g/mol. The van der Waals surface area contributed by atoms with Gasteiger partial charge in [0.2, 0.25) is 0 Å². The monoisotopic (exact) mass is 343 g/mol. The fourth-order valence-electron chi connectivity index (χ4n) is 4.25. The quantitative estimate of drug-likeness (QED) is 0.200. The number of benzene rings is 6. The first-order valence-electron chi connectivity index (χ1n) is 9.15. The molecule has 0 unspecified atom stereocenters. The van der Waals surface area contributed by atoms with Gasteiger partial charge in [0, 0.05) is 5.39 Å². The van der Waals surface area contributed by atoms with Crippen LogP contribution in [0.25, 0.3) is 53.9 Å². The second kappa shape index (κ2) is 5.21. The summed E-state index contributed by atoms with van der Waals surface area (Å²) >= 11 is 0. The molecule has 125 valence electrons. The second-order valence-corrected chi connectivity index (χ2v) is 7.24. The van der Waals surface area contributed by atoms with Crippen LogP contribution in [0.1, 0.15) is 0 Å². The van der Waals surface area contributed by atoms with Gasteiger partial charge in [-0.15, -0.1) is 0 Å². The third kappa shape index (κ3) is 2.12. The van der Waals surface area contributed by atoms with E-state index >= 15 is 0 Å². The van der Waals surface area contributed by atoms with Crippen LogP contribution in [0.15, 0.2) is 91.0 Å². The average Bonchev–Trinajstić information content (AvgIpc) is 2.70. The molecule has 0 aromatic heterocycles. The Morgan fingerprint density at radius 3 is 1.63 bits per heavy atom. The van der Waals surface area contributed by atoms with Crippen LogP contribution in [0.2, 0.25) is 0 Å². The van der Waals surface area contributed by atoms with Gasteiger partial charge in [-0.1, -0.05) is 48.5 Å². The minimum Gasteiger partial charge on any atom is -0.289 e. The first kappa shape index (κ1) is 14.6. The van der Waals surface area contributed by atoms with Gasteiger partial charge in [-0.3, -0.25) is 5.11 Å². The molecule has 0 saturated heterocycles. The SMILES string of the molecule is [O]c1cccc2cc3ccc4cc5cc6ccccc6cc5cc4c3cc12. The minimum absolute atomic E-state index is 0.0817. The second-order valence-electron chi connectivity index (χ2n) is 7.24. The standard InChI is InChI=1S/C26H15O/c27-26-7-3-6-18-12-19-8-9-20-13-21-10-16-4-1-2-5-17(16)11-22(21)14-23(20)24(19)15-25(18)26/h1-15H. The molecule has 0 atom stereocenters. The van der Waals surface area contributed by atoms with E-state index in [0.717, 1.165) is 16.2 Å². The molecule has 6 rings (SSSR count). The summed E-state index contributed by atoms with van der Waals surface area (Å²) in [5.74, 6) is 0.0817. The molecule has 0 N–H and O–H groups in total. The van der Waals surface area contributed by atoms with Gasteiger partial charge in [-0.25, -0.2) is 0 Å². The van der Waals surface area contributed by atoms with Crippen LogP contribution >= 0.6 is 0 Å². The van der Waals surface area contributed by atoms with E-state index in [1.165, 1.54) is 37.7 Å². The largest absolute Gasteiger partial charge is 0.289 e. The fourth-order valence-corrected chi connectivity index (χ4v) is 4.25. The normalized spacial score (nSPS) is 11.9. The van der Waals surface area contributed by atoms with Gasteiger partial charge >= 0.3 is 0 Å². The first-order chi connectivity index (χ1) is 13.3. The van der Waals surface area contributed by atoms with Gasteiger partial charge in [-0.2, -0.15) is 0 Å². The summed E-state index contributed by atoms with van der Waals surface area (Å²) in [4.78, 5) is 0. The first-order valence-corrected chi connectivity index (χ1v) is 9.15. The Labute approximate surface area is 156 Å². The van der Waals surface area contributed by atoms with Crippen molar-refractivity contribution in [3.8, 4) is 5.75 Å². The Balaban J connectivity index is 1.78. The van der Waals surface area contributed by atoms with E-state index in [-0.39, 0.29) is 5.75 Å². The molecule has 1 radical (unpaired) electrons. The molecule has 0 fully saturated rings. The zero-order valence-electron chi connectivity index (χ0n) is 14.6. The van der Waals surface area contributed by atoms with E-state index in [1.54, 1.807) is 6.07 Å². The number of rotatable bonds is 0. The maximum Gasteiger partial charge on any atom is 0.186 e. The fraction of sp³-hybridized carbons (Fsp3) is 0. The van der Waals surface area contributed by atoms with Crippen molar-refractivity contribution in [2.45, 2.75) is 0 Å². The van der Waals surface area contributed by atoms with E-state index < -0.39 is 0 Å². The van der Waals surface area contributed by atoms with Crippen molar-refractivity contribution in [3.63, 3.8) is 0 Å². The molecule has 0 aliphatic carbocycles. The van der Waals surface area contributed by atoms with E-state index in [4.69, 9.17) is 0 Å². The molecule has 0 spiro atoms. The summed E-state index contributed by atoms with van der Waals surface area (Å²) in [7, 11) is 0. The molecule has 0 heterocycles. The zero-order chi connectivity index (χ0) is 18.0. The summed E-state index contributed by atoms with van der Waals surface area (Å²) in [6.07, 6.45) is 0. The van der Waals surface area contributed by atoms with E-state index in [9.17, 15) is 5.11 Å². The molecule has 0 amide bonds. The predicted octanol–water partition coefficient (Wildman–Crippen LogP) is 7.60. The van der Waals surface area contributed by atoms with Crippen molar-refractivity contribution < 1.29 is 5.11 Å². The number of hydrogen-bond acceptors (Lipinski definition) is 0. The lowest BCUT2D eigenvalue weighted by Gasteiger charge is -2.09. The predicted molar refractivity (Wildman–Crippen MR) is 114 cm³/mol. The van der Waals surface area contributed by atoms with Crippen LogP contribution in [0, 0.1) is 0 Å². The lowest BCUT2D eigenvalue weighted by molar-refractivity contribution is 0.360. The zero-order valence-corrected chi connectivity index (χ0v) is 14.6. The molecule has 1 heteroatoms. The van der Waals surface area contributed by atoms with Gasteiger partial charge in [0.25, 0.3) is 0 Å². The average molecular weight is 343 g/mol. The molecule has 6 aromatic carbocycles. The highest BCUT2D eigenvalue weighted by Crippen LogP contribution is 2.35. The van der Waals surface area contributed by atoms with E-state index in [1.807, 2.05) is 12.1 Å². The molecule has 27 heavy (non-hydrogen) atoms. The molecular formula is C26H15O. The lowest BCUT2D eigenvalue weighted by atomic mass is 9.94. The van der Waals surface area contributed by atoms with E-state index in [2.05, 4.69) is 72.8 Å². The molecule has 0 bridgehead atoms. The summed E-state index contributed by atoms with van der Waals surface area (Å²) in [6.45, 7) is 0. The van der Waals surface area contributed by atoms with Crippen molar-refractivity contribution in [2.24, 2.45) is 0 Å². The van der Waals surface area contributed by atoms with E-state index in [0.29, 0.717) is 0 Å². The lowest BCUT2D eigenvalue weighted by Crippen LogP contribution is -1.82. The third-order valence-electron chi connectivity index (χ3n) is 5.62. The molecule has 0 aliphatic rings. The molecule has 6 aromatic rings. The summed E-state index contributed by atoms with van der Waals surface area (Å²) in [5.41, 5.74) is 0. The Kier molecular flexibility index (Phi) is 2.81. The van der Waals surface area contributed by atoms with Crippen LogP contribution in [-0.4, -0.2) is 0 Å². The van der Waals surface area contributed by atoms with Crippen molar-refractivity contribution in [2.75, 3.05) is 0 Å². The maximum atomic E-state index is 12.3. The molecule has 1 nitrogen and oxygen atoms in total. The third-order valence-corrected chi connectivity index (χ3v) is 5.62. The topological polar surface area (TPSA) is 19.9 Å². The summed E-state index contributed by atoms with van der Waals surface area (Å²) in [6, 6.07) is 31.5. The Bertz CT molecular complexity index is 1530. The highest BCUT2D eigenvalue weighted by Gasteiger charge is 2.08.